The van der Waals surface area contributed by atoms with Crippen LogP contribution >= 0.6 is 0 Å². The first-order valence-corrected chi connectivity index (χ1v) is 9.94. The van der Waals surface area contributed by atoms with E-state index in [9.17, 15) is 9.90 Å². The lowest BCUT2D eigenvalue weighted by atomic mass is 10.0. The molecule has 29 heavy (non-hydrogen) atoms. The first kappa shape index (κ1) is 20.3. The van der Waals surface area contributed by atoms with Gasteiger partial charge in [0.2, 0.25) is 5.91 Å². The van der Waals surface area contributed by atoms with Crippen LogP contribution in [0.3, 0.4) is 0 Å². The van der Waals surface area contributed by atoms with Gasteiger partial charge in [-0.15, -0.1) is 0 Å². The van der Waals surface area contributed by atoms with E-state index in [2.05, 4.69) is 29.4 Å². The fourth-order valence-electron chi connectivity index (χ4n) is 3.02. The Morgan fingerprint density at radius 1 is 1.00 bits per heavy atom. The lowest BCUT2D eigenvalue weighted by molar-refractivity contribution is -0.116. The highest BCUT2D eigenvalue weighted by Gasteiger charge is 2.04. The molecule has 0 radical (unpaired) electrons. The van der Waals surface area contributed by atoms with Crippen LogP contribution in [0.25, 0.3) is 0 Å². The van der Waals surface area contributed by atoms with Gasteiger partial charge in [0.15, 0.2) is 0 Å². The number of anilines is 1. The molecule has 0 heterocycles. The largest absolute Gasteiger partial charge is 0.507 e. The molecule has 148 valence electrons. The van der Waals surface area contributed by atoms with Gasteiger partial charge in [-0.25, -0.2) is 0 Å². The molecule has 4 heteroatoms. The molecule has 0 aliphatic heterocycles. The third-order valence-corrected chi connectivity index (χ3v) is 4.58. The Kier molecular flexibility index (Phi) is 7.17. The number of rotatable bonds is 8. The Bertz CT molecular complexity index is 981. The molecule has 0 spiro atoms. The summed E-state index contributed by atoms with van der Waals surface area (Å²) in [6, 6.07) is 23.2. The number of carbonyl (C=O) groups excluding carboxylic acids is 1. The highest BCUT2D eigenvalue weighted by Crippen LogP contribution is 2.22. The fraction of sp³-hybridized carbons (Fsp3) is 0.200. The standard InChI is InChI=1S/C25H26N2O2/c1-2-3-12-25(29)27-23-11-7-10-22(17-23)26-18-21-16-20(13-14-24(21)28)15-19-8-5-4-6-9-19/h4-11,13-14,16-18,28H,2-3,12,15H2,1H3,(H,27,29). The normalized spacial score (nSPS) is 10.9. The maximum atomic E-state index is 11.9. The number of phenols is 1. The zero-order chi connectivity index (χ0) is 20.5. The minimum atomic E-state index is 0.0132. The van der Waals surface area contributed by atoms with Gasteiger partial charge in [0.1, 0.15) is 5.75 Å². The fourth-order valence-corrected chi connectivity index (χ4v) is 3.02. The SMILES string of the molecule is CCCCC(=O)Nc1cccc(N=Cc2cc(Cc3ccccc3)ccc2O)c1. The molecule has 0 unspecified atom stereocenters. The van der Waals surface area contributed by atoms with E-state index in [4.69, 9.17) is 0 Å². The summed E-state index contributed by atoms with van der Waals surface area (Å²) < 4.78 is 0. The Morgan fingerprint density at radius 2 is 1.83 bits per heavy atom. The lowest BCUT2D eigenvalue weighted by Crippen LogP contribution is -2.10. The summed E-state index contributed by atoms with van der Waals surface area (Å²) in [5.74, 6) is 0.203. The minimum Gasteiger partial charge on any atom is -0.507 e. The van der Waals surface area contributed by atoms with Crippen LogP contribution in [-0.4, -0.2) is 17.2 Å². The Morgan fingerprint density at radius 3 is 2.62 bits per heavy atom. The van der Waals surface area contributed by atoms with E-state index < -0.39 is 0 Å². The molecule has 2 N–H and O–H groups in total. The van der Waals surface area contributed by atoms with Crippen LogP contribution in [0.4, 0.5) is 11.4 Å². The molecule has 0 fully saturated rings. The zero-order valence-corrected chi connectivity index (χ0v) is 16.6. The first-order valence-electron chi connectivity index (χ1n) is 9.94. The number of benzene rings is 3. The number of hydrogen-bond donors (Lipinski definition) is 2. The minimum absolute atomic E-state index is 0.0132. The van der Waals surface area contributed by atoms with Gasteiger partial charge >= 0.3 is 0 Å². The molecule has 3 rings (SSSR count). The molecule has 3 aromatic carbocycles. The number of aromatic hydroxyl groups is 1. The van der Waals surface area contributed by atoms with E-state index in [0.29, 0.717) is 17.7 Å². The Balaban J connectivity index is 1.71. The lowest BCUT2D eigenvalue weighted by Gasteiger charge is -2.06. The van der Waals surface area contributed by atoms with E-state index in [0.717, 1.165) is 30.5 Å². The van der Waals surface area contributed by atoms with Gasteiger partial charge < -0.3 is 10.4 Å². The second-order valence-corrected chi connectivity index (χ2v) is 7.02. The average molecular weight is 386 g/mol. The van der Waals surface area contributed by atoms with Crippen LogP contribution in [-0.2, 0) is 11.2 Å². The summed E-state index contributed by atoms with van der Waals surface area (Å²) in [5, 5.41) is 13.1. The molecule has 0 bridgehead atoms. The molecule has 0 aromatic heterocycles. The number of amides is 1. The van der Waals surface area contributed by atoms with Gasteiger partial charge in [-0.2, -0.15) is 0 Å². The van der Waals surface area contributed by atoms with Crippen LogP contribution < -0.4 is 5.32 Å². The van der Waals surface area contributed by atoms with Crippen LogP contribution in [0.5, 0.6) is 5.75 Å². The first-order chi connectivity index (χ1) is 14.1. The smallest absolute Gasteiger partial charge is 0.224 e. The van der Waals surface area contributed by atoms with Crippen LogP contribution in [0.15, 0.2) is 77.8 Å². The second kappa shape index (κ2) is 10.2. The van der Waals surface area contributed by atoms with Crippen LogP contribution in [0.2, 0.25) is 0 Å². The number of hydrogen-bond acceptors (Lipinski definition) is 3. The summed E-state index contributed by atoms with van der Waals surface area (Å²) >= 11 is 0. The highest BCUT2D eigenvalue weighted by molar-refractivity contribution is 5.91. The van der Waals surface area contributed by atoms with Crippen molar-refractivity contribution in [2.45, 2.75) is 32.6 Å². The molecule has 0 aliphatic carbocycles. The maximum Gasteiger partial charge on any atom is 0.224 e. The summed E-state index contributed by atoms with van der Waals surface area (Å²) in [7, 11) is 0. The number of aliphatic imine (C=N–C) groups is 1. The topological polar surface area (TPSA) is 61.7 Å². The number of phenolic OH excluding ortho intramolecular Hbond substituents is 1. The molecule has 4 nitrogen and oxygen atoms in total. The molecule has 0 aliphatic rings. The van der Waals surface area contributed by atoms with Gasteiger partial charge in [-0.05, 0) is 54.3 Å². The number of nitrogens with zero attached hydrogens (tertiary/aromatic N) is 1. The highest BCUT2D eigenvalue weighted by atomic mass is 16.3. The maximum absolute atomic E-state index is 11.9. The third kappa shape index (κ3) is 6.32. The zero-order valence-electron chi connectivity index (χ0n) is 16.6. The van der Waals surface area contributed by atoms with Crippen molar-refractivity contribution in [2.24, 2.45) is 4.99 Å². The number of nitrogens with one attached hydrogen (secondary N) is 1. The van der Waals surface area contributed by atoms with E-state index in [1.165, 1.54) is 5.56 Å². The molecular weight excluding hydrogens is 360 g/mol. The van der Waals surface area contributed by atoms with Crippen LogP contribution in [0, 0.1) is 0 Å². The Hall–Kier alpha value is -3.40. The van der Waals surface area contributed by atoms with E-state index in [1.807, 2.05) is 54.6 Å². The van der Waals surface area contributed by atoms with Crippen molar-refractivity contribution in [2.75, 3.05) is 5.32 Å². The van der Waals surface area contributed by atoms with Crippen molar-refractivity contribution in [3.05, 3.63) is 89.5 Å². The van der Waals surface area contributed by atoms with Crippen molar-refractivity contribution < 1.29 is 9.90 Å². The van der Waals surface area contributed by atoms with E-state index in [-0.39, 0.29) is 11.7 Å². The van der Waals surface area contributed by atoms with E-state index in [1.54, 1.807) is 12.3 Å². The predicted octanol–water partition coefficient (Wildman–Crippen LogP) is 5.86. The molecule has 1 amide bonds. The summed E-state index contributed by atoms with van der Waals surface area (Å²) in [5.41, 5.74) is 4.42. The van der Waals surface area contributed by atoms with Gasteiger partial charge in [0, 0.05) is 23.9 Å². The van der Waals surface area contributed by atoms with Crippen molar-refractivity contribution in [1.82, 2.24) is 0 Å². The van der Waals surface area contributed by atoms with Crippen molar-refractivity contribution in [1.29, 1.82) is 0 Å². The van der Waals surface area contributed by atoms with Gasteiger partial charge in [0.25, 0.3) is 0 Å². The molecule has 0 atom stereocenters. The molecule has 0 saturated heterocycles. The van der Waals surface area contributed by atoms with Gasteiger partial charge in [-0.3, -0.25) is 9.79 Å². The monoisotopic (exact) mass is 386 g/mol. The number of unbranched alkanes of at least 4 members (excludes halogenated alkanes) is 1. The van der Waals surface area contributed by atoms with Gasteiger partial charge in [0.05, 0.1) is 5.69 Å². The molecule has 3 aromatic rings. The van der Waals surface area contributed by atoms with Crippen LogP contribution in [0.1, 0.15) is 42.9 Å². The van der Waals surface area contributed by atoms with Crippen molar-refractivity contribution >= 4 is 23.5 Å². The quantitative estimate of drug-likeness (QED) is 0.476. The van der Waals surface area contributed by atoms with Crippen molar-refractivity contribution in [3.63, 3.8) is 0 Å². The van der Waals surface area contributed by atoms with E-state index >= 15 is 0 Å². The average Bonchev–Trinajstić information content (AvgIpc) is 2.73. The molecule has 0 saturated carbocycles. The van der Waals surface area contributed by atoms with Crippen molar-refractivity contribution in [3.8, 4) is 5.75 Å². The summed E-state index contributed by atoms with van der Waals surface area (Å²) in [4.78, 5) is 16.4. The molecular formula is C25H26N2O2. The second-order valence-electron chi connectivity index (χ2n) is 7.02. The van der Waals surface area contributed by atoms with Gasteiger partial charge in [-0.1, -0.05) is 55.8 Å². The summed E-state index contributed by atoms with van der Waals surface area (Å²) in [6.07, 6.45) is 4.84. The predicted molar refractivity (Wildman–Crippen MR) is 119 cm³/mol. The Labute approximate surface area is 172 Å². The third-order valence-electron chi connectivity index (χ3n) is 4.58. The number of carbonyl (C=O) groups is 1. The summed E-state index contributed by atoms with van der Waals surface area (Å²) in [6.45, 7) is 2.06.